The summed E-state index contributed by atoms with van der Waals surface area (Å²) in [4.78, 5) is 12.4. The number of anilines is 1. The molecule has 9 nitrogen and oxygen atoms in total. The van der Waals surface area contributed by atoms with Crippen molar-refractivity contribution in [2.24, 2.45) is 0 Å². The maximum absolute atomic E-state index is 13.0. The number of hydrogen-bond acceptors (Lipinski definition) is 6. The van der Waals surface area contributed by atoms with Gasteiger partial charge in [0.2, 0.25) is 15.9 Å². The zero-order chi connectivity index (χ0) is 21.0. The van der Waals surface area contributed by atoms with Crippen LogP contribution in [0.15, 0.2) is 29.2 Å². The van der Waals surface area contributed by atoms with Gasteiger partial charge in [-0.3, -0.25) is 9.48 Å². The number of morpholine rings is 1. The van der Waals surface area contributed by atoms with Crippen LogP contribution in [0.3, 0.4) is 0 Å². The van der Waals surface area contributed by atoms with E-state index in [2.05, 4.69) is 10.4 Å². The van der Waals surface area contributed by atoms with Crippen molar-refractivity contribution in [1.82, 2.24) is 14.1 Å². The lowest BCUT2D eigenvalue weighted by molar-refractivity contribution is -0.116. The van der Waals surface area contributed by atoms with Crippen LogP contribution in [0.25, 0.3) is 0 Å². The van der Waals surface area contributed by atoms with Crippen molar-refractivity contribution < 1.29 is 22.7 Å². The van der Waals surface area contributed by atoms with Crippen LogP contribution in [0.5, 0.6) is 5.75 Å². The summed E-state index contributed by atoms with van der Waals surface area (Å²) in [5, 5.41) is 7.10. The summed E-state index contributed by atoms with van der Waals surface area (Å²) < 4.78 is 39.7. The number of ether oxygens (including phenoxy) is 2. The highest BCUT2D eigenvalue weighted by molar-refractivity contribution is 7.89. The lowest BCUT2D eigenvalue weighted by Crippen LogP contribution is -2.40. The summed E-state index contributed by atoms with van der Waals surface area (Å²) in [5.74, 6) is 0.00886. The molecular formula is C19H26N4O5S. The van der Waals surface area contributed by atoms with Crippen molar-refractivity contribution in [3.05, 3.63) is 35.7 Å². The standard InChI is InChI=1S/C19H26N4O5S/c1-14-12-15(2)23(21-14)7-6-19(24)20-16-4-5-17(27-3)18(13-16)29(25,26)22-8-10-28-11-9-22/h4-5,12-13H,6-11H2,1-3H3,(H,20,24). The second-order valence-corrected chi connectivity index (χ2v) is 8.74. The van der Waals surface area contributed by atoms with Gasteiger partial charge in [0.15, 0.2) is 0 Å². The number of sulfonamides is 1. The van der Waals surface area contributed by atoms with E-state index in [-0.39, 0.29) is 36.1 Å². The molecule has 0 atom stereocenters. The normalized spacial score (nSPS) is 15.3. The van der Waals surface area contributed by atoms with Gasteiger partial charge in [-0.1, -0.05) is 0 Å². The Morgan fingerprint density at radius 3 is 2.59 bits per heavy atom. The number of nitrogens with one attached hydrogen (secondary N) is 1. The summed E-state index contributed by atoms with van der Waals surface area (Å²) in [6.07, 6.45) is 0.222. The van der Waals surface area contributed by atoms with Crippen LogP contribution in [0.4, 0.5) is 5.69 Å². The predicted molar refractivity (Wildman–Crippen MR) is 108 cm³/mol. The van der Waals surface area contributed by atoms with Crippen molar-refractivity contribution in [3.8, 4) is 5.75 Å². The molecule has 29 heavy (non-hydrogen) atoms. The Bertz CT molecular complexity index is 980. The number of nitrogens with zero attached hydrogens (tertiary/aromatic N) is 3. The van der Waals surface area contributed by atoms with Crippen LogP contribution in [0.2, 0.25) is 0 Å². The molecule has 2 heterocycles. The maximum atomic E-state index is 13.0. The summed E-state index contributed by atoms with van der Waals surface area (Å²) in [7, 11) is -2.34. The maximum Gasteiger partial charge on any atom is 0.246 e. The Hall–Kier alpha value is -2.43. The monoisotopic (exact) mass is 422 g/mol. The second kappa shape index (κ2) is 8.93. The molecule has 0 spiro atoms. The van der Waals surface area contributed by atoms with Gasteiger partial charge in [0.25, 0.3) is 0 Å². The highest BCUT2D eigenvalue weighted by atomic mass is 32.2. The minimum absolute atomic E-state index is 0.0262. The molecule has 1 aromatic carbocycles. The molecule has 2 aromatic rings. The molecule has 0 unspecified atom stereocenters. The molecule has 1 N–H and O–H groups in total. The van der Waals surface area contributed by atoms with Gasteiger partial charge in [0.1, 0.15) is 10.6 Å². The lowest BCUT2D eigenvalue weighted by atomic mass is 10.3. The molecule has 1 aliphatic heterocycles. The number of aromatic nitrogens is 2. The van der Waals surface area contributed by atoms with E-state index in [0.717, 1.165) is 11.4 Å². The van der Waals surface area contributed by atoms with Crippen molar-refractivity contribution in [2.75, 3.05) is 38.7 Å². The van der Waals surface area contributed by atoms with E-state index in [0.29, 0.717) is 25.4 Å². The van der Waals surface area contributed by atoms with Crippen molar-refractivity contribution in [1.29, 1.82) is 0 Å². The highest BCUT2D eigenvalue weighted by Crippen LogP contribution is 2.30. The quantitative estimate of drug-likeness (QED) is 0.726. The van der Waals surface area contributed by atoms with Gasteiger partial charge >= 0.3 is 0 Å². The fourth-order valence-corrected chi connectivity index (χ4v) is 4.80. The minimum atomic E-state index is -3.76. The topological polar surface area (TPSA) is 103 Å². The first kappa shape index (κ1) is 21.3. The number of carbonyl (C=O) groups excluding carboxylic acids is 1. The molecule has 1 aromatic heterocycles. The summed E-state index contributed by atoms with van der Waals surface area (Å²) >= 11 is 0. The van der Waals surface area contributed by atoms with Gasteiger partial charge in [-0.25, -0.2) is 8.42 Å². The number of hydrogen-bond donors (Lipinski definition) is 1. The van der Waals surface area contributed by atoms with Gasteiger partial charge in [-0.2, -0.15) is 9.40 Å². The average Bonchev–Trinajstić information content (AvgIpc) is 3.04. The zero-order valence-corrected chi connectivity index (χ0v) is 17.7. The third-order valence-corrected chi connectivity index (χ3v) is 6.61. The largest absolute Gasteiger partial charge is 0.495 e. The first-order valence-electron chi connectivity index (χ1n) is 9.38. The van der Waals surface area contributed by atoms with Crippen LogP contribution >= 0.6 is 0 Å². The molecule has 10 heteroatoms. The Labute approximate surface area is 170 Å². The van der Waals surface area contributed by atoms with Crippen molar-refractivity contribution >= 4 is 21.6 Å². The SMILES string of the molecule is COc1ccc(NC(=O)CCn2nc(C)cc2C)cc1S(=O)(=O)N1CCOCC1. The third kappa shape index (κ3) is 4.95. The molecule has 1 amide bonds. The molecule has 0 aliphatic carbocycles. The number of carbonyl (C=O) groups is 1. The second-order valence-electron chi connectivity index (χ2n) is 6.83. The number of aryl methyl sites for hydroxylation is 3. The van der Waals surface area contributed by atoms with Gasteiger partial charge in [-0.05, 0) is 38.1 Å². The van der Waals surface area contributed by atoms with Gasteiger partial charge in [0.05, 0.1) is 26.0 Å². The molecule has 1 aliphatic rings. The molecule has 0 bridgehead atoms. The lowest BCUT2D eigenvalue weighted by Gasteiger charge is -2.26. The first-order valence-corrected chi connectivity index (χ1v) is 10.8. The minimum Gasteiger partial charge on any atom is -0.495 e. The van der Waals surface area contributed by atoms with E-state index in [1.165, 1.54) is 17.5 Å². The highest BCUT2D eigenvalue weighted by Gasteiger charge is 2.29. The van der Waals surface area contributed by atoms with E-state index in [9.17, 15) is 13.2 Å². The Balaban J connectivity index is 1.74. The summed E-state index contributed by atoms with van der Waals surface area (Å²) in [6, 6.07) is 6.55. The smallest absolute Gasteiger partial charge is 0.246 e. The molecule has 1 saturated heterocycles. The summed E-state index contributed by atoms with van der Waals surface area (Å²) in [6.45, 7) is 5.55. The third-order valence-electron chi connectivity index (χ3n) is 4.69. The van der Waals surface area contributed by atoms with Crippen molar-refractivity contribution in [2.45, 2.75) is 31.7 Å². The van der Waals surface area contributed by atoms with Crippen LogP contribution in [-0.4, -0.2) is 61.8 Å². The van der Waals surface area contributed by atoms with Crippen molar-refractivity contribution in [3.63, 3.8) is 0 Å². The Kier molecular flexibility index (Phi) is 6.56. The molecule has 3 rings (SSSR count). The number of benzene rings is 1. The number of rotatable bonds is 7. The number of methoxy groups -OCH3 is 1. The zero-order valence-electron chi connectivity index (χ0n) is 16.8. The molecular weight excluding hydrogens is 396 g/mol. The average molecular weight is 423 g/mol. The number of amides is 1. The van der Waals surface area contributed by atoms with E-state index < -0.39 is 10.0 Å². The Morgan fingerprint density at radius 2 is 1.97 bits per heavy atom. The fraction of sp³-hybridized carbons (Fsp3) is 0.474. The predicted octanol–water partition coefficient (Wildman–Crippen LogP) is 1.56. The van der Waals surface area contributed by atoms with Gasteiger partial charge < -0.3 is 14.8 Å². The van der Waals surface area contributed by atoms with Crippen LogP contribution < -0.4 is 10.1 Å². The van der Waals surface area contributed by atoms with Crippen LogP contribution in [0, 0.1) is 13.8 Å². The molecule has 0 saturated carbocycles. The molecule has 158 valence electrons. The van der Waals surface area contributed by atoms with Crippen LogP contribution in [0.1, 0.15) is 17.8 Å². The van der Waals surface area contributed by atoms with E-state index in [1.54, 1.807) is 16.8 Å². The Morgan fingerprint density at radius 1 is 1.24 bits per heavy atom. The summed E-state index contributed by atoms with van der Waals surface area (Å²) in [5.41, 5.74) is 2.28. The van der Waals surface area contributed by atoms with Gasteiger partial charge in [-0.15, -0.1) is 0 Å². The van der Waals surface area contributed by atoms with E-state index in [1.807, 2.05) is 19.9 Å². The van der Waals surface area contributed by atoms with E-state index >= 15 is 0 Å². The fourth-order valence-electron chi connectivity index (χ4n) is 3.21. The van der Waals surface area contributed by atoms with E-state index in [4.69, 9.17) is 9.47 Å². The first-order chi connectivity index (χ1) is 13.8. The van der Waals surface area contributed by atoms with Gasteiger partial charge in [0, 0.05) is 37.4 Å². The van der Waals surface area contributed by atoms with Crippen LogP contribution in [-0.2, 0) is 26.1 Å². The molecule has 0 radical (unpaired) electrons. The molecule has 1 fully saturated rings.